The first-order chi connectivity index (χ1) is 6.70. The molecule has 0 aliphatic heterocycles. The predicted molar refractivity (Wildman–Crippen MR) is 62.3 cm³/mol. The van der Waals surface area contributed by atoms with Crippen molar-refractivity contribution in [3.63, 3.8) is 0 Å². The predicted octanol–water partition coefficient (Wildman–Crippen LogP) is 3.30. The third kappa shape index (κ3) is 3.75. The van der Waals surface area contributed by atoms with E-state index in [9.17, 15) is 0 Å². The van der Waals surface area contributed by atoms with E-state index in [1.807, 2.05) is 6.07 Å². The fourth-order valence-corrected chi connectivity index (χ4v) is 1.30. The van der Waals surface area contributed by atoms with E-state index in [0.717, 1.165) is 6.54 Å². The maximum atomic E-state index is 3.45. The Labute approximate surface area is 86.8 Å². The molecule has 0 amide bonds. The van der Waals surface area contributed by atoms with Crippen molar-refractivity contribution in [3.05, 3.63) is 47.5 Å². The van der Waals surface area contributed by atoms with Crippen LogP contribution in [0.5, 0.6) is 0 Å². The van der Waals surface area contributed by atoms with Crippen LogP contribution >= 0.6 is 0 Å². The number of hydrogen-bond donors (Lipinski definition) is 1. The molecule has 0 spiro atoms. The molecular weight excluding hydrogens is 170 g/mol. The number of rotatable bonds is 4. The molecule has 1 atom stereocenters. The first-order valence-electron chi connectivity index (χ1n) is 5.12. The molecule has 0 fully saturated rings. The highest BCUT2D eigenvalue weighted by Gasteiger charge is 2.00. The van der Waals surface area contributed by atoms with E-state index < -0.39 is 0 Å². The van der Waals surface area contributed by atoms with Gasteiger partial charge in [-0.2, -0.15) is 0 Å². The minimum Gasteiger partial charge on any atom is -0.307 e. The van der Waals surface area contributed by atoms with E-state index in [0.29, 0.717) is 6.04 Å². The smallest absolute Gasteiger partial charge is 0.0294 e. The summed E-state index contributed by atoms with van der Waals surface area (Å²) in [5.41, 5.74) is 2.70. The minimum absolute atomic E-state index is 0.423. The summed E-state index contributed by atoms with van der Waals surface area (Å²) in [6.07, 6.45) is 2.21. The van der Waals surface area contributed by atoms with E-state index in [2.05, 4.69) is 56.4 Å². The van der Waals surface area contributed by atoms with Crippen molar-refractivity contribution in [2.24, 2.45) is 0 Å². The molecule has 1 heteroatoms. The zero-order valence-electron chi connectivity index (χ0n) is 9.25. The molecule has 1 nitrogen and oxygen atoms in total. The lowest BCUT2D eigenvalue weighted by Crippen LogP contribution is -2.18. The summed E-state index contributed by atoms with van der Waals surface area (Å²) < 4.78 is 0. The van der Waals surface area contributed by atoms with Crippen LogP contribution in [0.2, 0.25) is 0 Å². The van der Waals surface area contributed by atoms with Crippen LogP contribution in [0.4, 0.5) is 0 Å². The van der Waals surface area contributed by atoms with Crippen molar-refractivity contribution in [3.8, 4) is 0 Å². The Hall–Kier alpha value is -1.08. The van der Waals surface area contributed by atoms with Crippen LogP contribution in [0.1, 0.15) is 32.4 Å². The molecule has 76 valence electrons. The van der Waals surface area contributed by atoms with E-state index in [1.54, 1.807) is 0 Å². The lowest BCUT2D eigenvalue weighted by Gasteiger charge is -2.12. The molecule has 0 heterocycles. The molecule has 0 radical (unpaired) electrons. The van der Waals surface area contributed by atoms with Gasteiger partial charge in [0, 0.05) is 12.6 Å². The van der Waals surface area contributed by atoms with Gasteiger partial charge in [0.1, 0.15) is 0 Å². The fraction of sp³-hybridized carbons (Fsp3) is 0.385. The Morgan fingerprint density at radius 3 is 2.50 bits per heavy atom. The summed E-state index contributed by atoms with van der Waals surface area (Å²) in [6.45, 7) is 7.37. The van der Waals surface area contributed by atoms with Gasteiger partial charge >= 0.3 is 0 Å². The molecule has 14 heavy (non-hydrogen) atoms. The van der Waals surface area contributed by atoms with Crippen LogP contribution < -0.4 is 5.32 Å². The maximum Gasteiger partial charge on any atom is 0.0294 e. The average molecular weight is 189 g/mol. The van der Waals surface area contributed by atoms with Gasteiger partial charge in [0.2, 0.25) is 0 Å². The SMILES string of the molecule is CC(C)=CCN[C@H](C)c1ccccc1. The Kier molecular flexibility index (Phi) is 4.41. The molecule has 1 N–H and O–H groups in total. The second kappa shape index (κ2) is 5.61. The van der Waals surface area contributed by atoms with Crippen LogP contribution in [-0.4, -0.2) is 6.54 Å². The summed E-state index contributed by atoms with van der Waals surface area (Å²) in [7, 11) is 0. The second-order valence-corrected chi connectivity index (χ2v) is 3.82. The number of hydrogen-bond acceptors (Lipinski definition) is 1. The van der Waals surface area contributed by atoms with Crippen LogP contribution in [0.15, 0.2) is 42.0 Å². The summed E-state index contributed by atoms with van der Waals surface area (Å²) in [5, 5.41) is 3.45. The minimum atomic E-state index is 0.423. The van der Waals surface area contributed by atoms with E-state index in [1.165, 1.54) is 11.1 Å². The zero-order valence-corrected chi connectivity index (χ0v) is 9.25. The van der Waals surface area contributed by atoms with Gasteiger partial charge in [-0.3, -0.25) is 0 Å². The lowest BCUT2D eigenvalue weighted by atomic mass is 10.1. The van der Waals surface area contributed by atoms with E-state index >= 15 is 0 Å². The van der Waals surface area contributed by atoms with Crippen molar-refractivity contribution in [2.75, 3.05) is 6.54 Å². The van der Waals surface area contributed by atoms with Gasteiger partial charge in [-0.1, -0.05) is 42.0 Å². The van der Waals surface area contributed by atoms with Crippen molar-refractivity contribution < 1.29 is 0 Å². The van der Waals surface area contributed by atoms with Crippen LogP contribution in [0.25, 0.3) is 0 Å². The van der Waals surface area contributed by atoms with Gasteiger partial charge in [-0.25, -0.2) is 0 Å². The highest BCUT2D eigenvalue weighted by molar-refractivity contribution is 5.18. The summed E-state index contributed by atoms with van der Waals surface area (Å²) in [5.74, 6) is 0. The number of nitrogens with one attached hydrogen (secondary N) is 1. The van der Waals surface area contributed by atoms with Crippen LogP contribution in [0.3, 0.4) is 0 Å². The van der Waals surface area contributed by atoms with Gasteiger partial charge < -0.3 is 5.32 Å². The Balaban J connectivity index is 2.43. The van der Waals surface area contributed by atoms with Crippen LogP contribution in [0, 0.1) is 0 Å². The van der Waals surface area contributed by atoms with Gasteiger partial charge in [0.15, 0.2) is 0 Å². The van der Waals surface area contributed by atoms with Crippen molar-refractivity contribution in [1.82, 2.24) is 5.32 Å². The van der Waals surface area contributed by atoms with Gasteiger partial charge in [0.25, 0.3) is 0 Å². The molecule has 1 aromatic rings. The van der Waals surface area contributed by atoms with E-state index in [-0.39, 0.29) is 0 Å². The molecule has 0 saturated heterocycles. The van der Waals surface area contributed by atoms with Gasteiger partial charge in [-0.05, 0) is 26.3 Å². The maximum absolute atomic E-state index is 3.45. The monoisotopic (exact) mass is 189 g/mol. The molecular formula is C13H19N. The highest BCUT2D eigenvalue weighted by Crippen LogP contribution is 2.10. The summed E-state index contributed by atoms with van der Waals surface area (Å²) in [4.78, 5) is 0. The van der Waals surface area contributed by atoms with Crippen molar-refractivity contribution in [1.29, 1.82) is 0 Å². The first kappa shape index (κ1) is 11.0. The fourth-order valence-electron chi connectivity index (χ4n) is 1.30. The zero-order chi connectivity index (χ0) is 10.4. The lowest BCUT2D eigenvalue weighted by molar-refractivity contribution is 0.616. The topological polar surface area (TPSA) is 12.0 Å². The molecule has 0 aliphatic carbocycles. The third-order valence-electron chi connectivity index (χ3n) is 2.23. The molecule has 0 aliphatic rings. The quantitative estimate of drug-likeness (QED) is 0.717. The van der Waals surface area contributed by atoms with Gasteiger partial charge in [0.05, 0.1) is 0 Å². The third-order valence-corrected chi connectivity index (χ3v) is 2.23. The Morgan fingerprint density at radius 2 is 1.93 bits per heavy atom. The molecule has 1 rings (SSSR count). The number of allylic oxidation sites excluding steroid dienone is 1. The molecule has 0 saturated carbocycles. The molecule has 0 bridgehead atoms. The Morgan fingerprint density at radius 1 is 1.29 bits per heavy atom. The van der Waals surface area contributed by atoms with E-state index in [4.69, 9.17) is 0 Å². The molecule has 0 unspecified atom stereocenters. The first-order valence-corrected chi connectivity index (χ1v) is 5.12. The summed E-state index contributed by atoms with van der Waals surface area (Å²) in [6, 6.07) is 10.9. The standard InChI is InChI=1S/C13H19N/c1-11(2)9-10-14-12(3)13-7-5-4-6-8-13/h4-9,12,14H,10H2,1-3H3/t12-/m1/s1. The van der Waals surface area contributed by atoms with Crippen molar-refractivity contribution in [2.45, 2.75) is 26.8 Å². The molecule has 1 aromatic carbocycles. The van der Waals surface area contributed by atoms with Crippen LogP contribution in [-0.2, 0) is 0 Å². The normalized spacial score (nSPS) is 12.2. The largest absolute Gasteiger partial charge is 0.307 e. The molecule has 0 aromatic heterocycles. The number of benzene rings is 1. The Bertz CT molecular complexity index is 283. The second-order valence-electron chi connectivity index (χ2n) is 3.82. The van der Waals surface area contributed by atoms with Gasteiger partial charge in [-0.15, -0.1) is 0 Å². The summed E-state index contributed by atoms with van der Waals surface area (Å²) >= 11 is 0. The average Bonchev–Trinajstić information content (AvgIpc) is 2.18. The van der Waals surface area contributed by atoms with Crippen molar-refractivity contribution >= 4 is 0 Å². The highest BCUT2D eigenvalue weighted by atomic mass is 14.9.